The van der Waals surface area contributed by atoms with Gasteiger partial charge in [0.1, 0.15) is 11.9 Å². The van der Waals surface area contributed by atoms with Crippen molar-refractivity contribution in [3.63, 3.8) is 0 Å². The minimum absolute atomic E-state index is 0.0264. The molecule has 0 heterocycles. The van der Waals surface area contributed by atoms with Gasteiger partial charge in [0.15, 0.2) is 0 Å². The van der Waals surface area contributed by atoms with Crippen LogP contribution in [0.3, 0.4) is 0 Å². The Bertz CT molecular complexity index is 421. The van der Waals surface area contributed by atoms with Gasteiger partial charge in [-0.25, -0.2) is 0 Å². The van der Waals surface area contributed by atoms with Crippen molar-refractivity contribution in [3.05, 3.63) is 28.2 Å². The van der Waals surface area contributed by atoms with Crippen molar-refractivity contribution in [2.24, 2.45) is 5.92 Å². The first-order valence-electron chi connectivity index (χ1n) is 5.71. The average Bonchev–Trinajstić information content (AvgIpc) is 2.28. The van der Waals surface area contributed by atoms with E-state index in [4.69, 9.17) is 33.2 Å². The number of hydrogen-bond acceptors (Lipinski definition) is 2. The molecule has 1 aromatic carbocycles. The largest absolute Gasteiger partial charge is 0.489 e. The average molecular weight is 270 g/mol. The van der Waals surface area contributed by atoms with Crippen molar-refractivity contribution < 1.29 is 4.74 Å². The standard InChI is InChI=1S/C13H13Cl2NO/c14-10-5-11(15)7-12(6-10)17-13-4-2-1-3-9(13)8-16/h5-7,9,13H,1-4H2. The van der Waals surface area contributed by atoms with E-state index in [0.717, 1.165) is 25.7 Å². The fourth-order valence-electron chi connectivity index (χ4n) is 2.16. The van der Waals surface area contributed by atoms with E-state index < -0.39 is 0 Å². The number of nitriles is 1. The Morgan fingerprint density at radius 3 is 2.41 bits per heavy atom. The number of halogens is 2. The van der Waals surface area contributed by atoms with Crippen molar-refractivity contribution in [3.8, 4) is 11.8 Å². The first kappa shape index (κ1) is 12.5. The SMILES string of the molecule is N#CC1CCCCC1Oc1cc(Cl)cc(Cl)c1. The van der Waals surface area contributed by atoms with Gasteiger partial charge in [0.05, 0.1) is 12.0 Å². The maximum absolute atomic E-state index is 9.07. The molecule has 0 aliphatic heterocycles. The highest BCUT2D eigenvalue weighted by Crippen LogP contribution is 2.30. The van der Waals surface area contributed by atoms with E-state index >= 15 is 0 Å². The summed E-state index contributed by atoms with van der Waals surface area (Å²) in [5.74, 6) is 0.621. The zero-order valence-electron chi connectivity index (χ0n) is 9.33. The molecule has 17 heavy (non-hydrogen) atoms. The summed E-state index contributed by atoms with van der Waals surface area (Å²) in [7, 11) is 0. The molecule has 2 nitrogen and oxygen atoms in total. The predicted octanol–water partition coefficient (Wildman–Crippen LogP) is 4.45. The molecule has 4 heteroatoms. The normalized spacial score (nSPS) is 24.1. The van der Waals surface area contributed by atoms with Crippen LogP contribution in [0.2, 0.25) is 10.0 Å². The third-order valence-electron chi connectivity index (χ3n) is 2.99. The van der Waals surface area contributed by atoms with Gasteiger partial charge in [-0.15, -0.1) is 0 Å². The monoisotopic (exact) mass is 269 g/mol. The molecule has 1 aliphatic carbocycles. The van der Waals surface area contributed by atoms with E-state index in [2.05, 4.69) is 6.07 Å². The first-order chi connectivity index (χ1) is 8.19. The summed E-state index contributed by atoms with van der Waals surface area (Å²) in [6.07, 6.45) is 4.01. The van der Waals surface area contributed by atoms with Crippen molar-refractivity contribution >= 4 is 23.2 Å². The minimum atomic E-state index is -0.0386. The second kappa shape index (κ2) is 5.62. The second-order valence-corrected chi connectivity index (χ2v) is 5.15. The number of ether oxygens (including phenoxy) is 1. The fraction of sp³-hybridized carbons (Fsp3) is 0.462. The Balaban J connectivity index is 2.11. The molecule has 0 aromatic heterocycles. The van der Waals surface area contributed by atoms with E-state index in [1.54, 1.807) is 18.2 Å². The lowest BCUT2D eigenvalue weighted by Crippen LogP contribution is -2.29. The van der Waals surface area contributed by atoms with Gasteiger partial charge in [-0.1, -0.05) is 29.6 Å². The summed E-state index contributed by atoms with van der Waals surface area (Å²) in [6, 6.07) is 7.44. The summed E-state index contributed by atoms with van der Waals surface area (Å²) >= 11 is 11.8. The first-order valence-corrected chi connectivity index (χ1v) is 6.47. The summed E-state index contributed by atoms with van der Waals surface area (Å²) in [5.41, 5.74) is 0. The Morgan fingerprint density at radius 1 is 1.12 bits per heavy atom. The maximum atomic E-state index is 9.07. The predicted molar refractivity (Wildman–Crippen MR) is 68.4 cm³/mol. The van der Waals surface area contributed by atoms with Crippen LogP contribution in [-0.4, -0.2) is 6.10 Å². The van der Waals surface area contributed by atoms with Gasteiger partial charge in [-0.3, -0.25) is 0 Å². The molecule has 0 spiro atoms. The Morgan fingerprint density at radius 2 is 1.76 bits per heavy atom. The molecule has 1 aromatic rings. The number of benzene rings is 1. The van der Waals surface area contributed by atoms with Gasteiger partial charge in [0, 0.05) is 10.0 Å². The molecule has 2 unspecified atom stereocenters. The highest BCUT2D eigenvalue weighted by molar-refractivity contribution is 6.34. The van der Waals surface area contributed by atoms with Crippen LogP contribution in [0, 0.1) is 17.2 Å². The number of nitrogens with zero attached hydrogens (tertiary/aromatic N) is 1. The molecule has 90 valence electrons. The quantitative estimate of drug-likeness (QED) is 0.795. The molecule has 0 bridgehead atoms. The molecule has 2 rings (SSSR count). The minimum Gasteiger partial charge on any atom is -0.489 e. The molecular formula is C13H13Cl2NO. The Kier molecular flexibility index (Phi) is 4.15. The van der Waals surface area contributed by atoms with E-state index in [1.807, 2.05) is 0 Å². The third kappa shape index (κ3) is 3.28. The Labute approximate surface area is 111 Å². The highest BCUT2D eigenvalue weighted by Gasteiger charge is 2.26. The molecule has 1 fully saturated rings. The van der Waals surface area contributed by atoms with Gasteiger partial charge in [-0.2, -0.15) is 5.26 Å². The summed E-state index contributed by atoms with van der Waals surface area (Å²) in [4.78, 5) is 0. The van der Waals surface area contributed by atoms with Crippen LogP contribution >= 0.6 is 23.2 Å². The van der Waals surface area contributed by atoms with Gasteiger partial charge in [-0.05, 0) is 37.5 Å². The lowest BCUT2D eigenvalue weighted by atomic mass is 9.87. The molecule has 0 N–H and O–H groups in total. The summed E-state index contributed by atoms with van der Waals surface area (Å²) in [6.45, 7) is 0. The number of rotatable bonds is 2. The number of hydrogen-bond donors (Lipinski definition) is 0. The molecule has 1 saturated carbocycles. The third-order valence-corrected chi connectivity index (χ3v) is 3.43. The van der Waals surface area contributed by atoms with Crippen LogP contribution in [-0.2, 0) is 0 Å². The van der Waals surface area contributed by atoms with Gasteiger partial charge < -0.3 is 4.74 Å². The topological polar surface area (TPSA) is 33.0 Å². The van der Waals surface area contributed by atoms with Gasteiger partial charge >= 0.3 is 0 Å². The molecular weight excluding hydrogens is 257 g/mol. The Hall–Kier alpha value is -0.910. The van der Waals surface area contributed by atoms with Gasteiger partial charge in [0.2, 0.25) is 0 Å². The fourth-order valence-corrected chi connectivity index (χ4v) is 2.66. The zero-order valence-corrected chi connectivity index (χ0v) is 10.8. The van der Waals surface area contributed by atoms with Crippen LogP contribution in [0.4, 0.5) is 0 Å². The van der Waals surface area contributed by atoms with Crippen molar-refractivity contribution in [1.29, 1.82) is 5.26 Å². The van der Waals surface area contributed by atoms with Crippen LogP contribution < -0.4 is 4.74 Å². The van der Waals surface area contributed by atoms with Crippen LogP contribution in [0.15, 0.2) is 18.2 Å². The van der Waals surface area contributed by atoms with Crippen LogP contribution in [0.25, 0.3) is 0 Å². The van der Waals surface area contributed by atoms with Crippen LogP contribution in [0.5, 0.6) is 5.75 Å². The maximum Gasteiger partial charge on any atom is 0.122 e. The van der Waals surface area contributed by atoms with Crippen molar-refractivity contribution in [1.82, 2.24) is 0 Å². The molecule has 0 radical (unpaired) electrons. The van der Waals surface area contributed by atoms with Crippen molar-refractivity contribution in [2.75, 3.05) is 0 Å². The summed E-state index contributed by atoms with van der Waals surface area (Å²) in [5, 5.41) is 10.2. The highest BCUT2D eigenvalue weighted by atomic mass is 35.5. The second-order valence-electron chi connectivity index (χ2n) is 4.28. The van der Waals surface area contributed by atoms with Crippen LogP contribution in [0.1, 0.15) is 25.7 Å². The van der Waals surface area contributed by atoms with E-state index in [9.17, 15) is 0 Å². The van der Waals surface area contributed by atoms with E-state index in [0.29, 0.717) is 15.8 Å². The summed E-state index contributed by atoms with van der Waals surface area (Å²) < 4.78 is 5.83. The van der Waals surface area contributed by atoms with E-state index in [-0.39, 0.29) is 12.0 Å². The smallest absolute Gasteiger partial charge is 0.122 e. The molecule has 0 amide bonds. The molecule has 1 aliphatic rings. The lowest BCUT2D eigenvalue weighted by molar-refractivity contribution is 0.120. The van der Waals surface area contributed by atoms with Gasteiger partial charge in [0.25, 0.3) is 0 Å². The van der Waals surface area contributed by atoms with Crippen molar-refractivity contribution in [2.45, 2.75) is 31.8 Å². The molecule has 2 atom stereocenters. The van der Waals surface area contributed by atoms with E-state index in [1.165, 1.54) is 0 Å². The lowest BCUT2D eigenvalue weighted by Gasteiger charge is -2.27. The molecule has 0 saturated heterocycles. The zero-order chi connectivity index (χ0) is 12.3.